The summed E-state index contributed by atoms with van der Waals surface area (Å²) < 4.78 is 41.3. The van der Waals surface area contributed by atoms with Gasteiger partial charge < -0.3 is 10.0 Å². The second-order valence-electron chi connectivity index (χ2n) is 7.89. The molecule has 0 radical (unpaired) electrons. The minimum atomic E-state index is -4.03. The lowest BCUT2D eigenvalue weighted by Crippen LogP contribution is -2.48. The number of nitrogens with one attached hydrogen (secondary N) is 1. The second-order valence-corrected chi connectivity index (χ2v) is 9.62. The number of hydrogen-bond donors (Lipinski definition) is 2. The molecule has 1 saturated heterocycles. The number of carbonyl (C=O) groups is 1. The topological polar surface area (TPSA) is 86.7 Å². The van der Waals surface area contributed by atoms with Crippen molar-refractivity contribution in [1.29, 1.82) is 0 Å². The van der Waals surface area contributed by atoms with Crippen LogP contribution in [0.15, 0.2) is 29.2 Å². The zero-order valence-electron chi connectivity index (χ0n) is 15.7. The van der Waals surface area contributed by atoms with Gasteiger partial charge in [-0.25, -0.2) is 17.5 Å². The fraction of sp³-hybridized carbons (Fsp3) is 0.632. The van der Waals surface area contributed by atoms with Gasteiger partial charge in [-0.3, -0.25) is 4.79 Å². The summed E-state index contributed by atoms with van der Waals surface area (Å²) in [5.41, 5.74) is -0.462. The Kier molecular flexibility index (Phi) is 5.61. The van der Waals surface area contributed by atoms with Gasteiger partial charge in [-0.2, -0.15) is 0 Å². The van der Waals surface area contributed by atoms with Crippen molar-refractivity contribution < 1.29 is 22.7 Å². The predicted molar refractivity (Wildman–Crippen MR) is 98.9 cm³/mol. The molecule has 1 aliphatic heterocycles. The number of amides is 1. The standard InChI is InChI=1S/C19H27FN2O4S/c1-13(23)22-14(11-19(2)17(22)9-5-6-10-18(19)24)12-21-27(25,26)16-8-4-3-7-15(16)20/h3-4,7-8,14,17-18,21,24H,5-6,9-12H2,1-2H3/t14-,17-,18+,19-/m1/s1. The average Bonchev–Trinajstić information content (AvgIpc) is 2.82. The molecule has 0 bridgehead atoms. The van der Waals surface area contributed by atoms with Crippen molar-refractivity contribution in [3.8, 4) is 0 Å². The van der Waals surface area contributed by atoms with E-state index in [0.717, 1.165) is 25.3 Å². The number of rotatable bonds is 4. The van der Waals surface area contributed by atoms with Crippen LogP contribution in [-0.2, 0) is 14.8 Å². The largest absolute Gasteiger partial charge is 0.392 e. The average molecular weight is 399 g/mol. The van der Waals surface area contributed by atoms with Gasteiger partial charge >= 0.3 is 0 Å². The van der Waals surface area contributed by atoms with E-state index in [1.165, 1.54) is 25.1 Å². The zero-order valence-corrected chi connectivity index (χ0v) is 16.5. The van der Waals surface area contributed by atoms with E-state index in [4.69, 9.17) is 0 Å². The molecule has 1 aliphatic carbocycles. The highest BCUT2D eigenvalue weighted by Gasteiger charge is 2.54. The van der Waals surface area contributed by atoms with Crippen molar-refractivity contribution in [2.75, 3.05) is 6.54 Å². The first-order chi connectivity index (χ1) is 12.7. The monoisotopic (exact) mass is 398 g/mol. The fourth-order valence-corrected chi connectivity index (χ4v) is 5.89. The first kappa shape index (κ1) is 20.2. The van der Waals surface area contributed by atoms with E-state index in [0.29, 0.717) is 12.8 Å². The van der Waals surface area contributed by atoms with E-state index in [2.05, 4.69) is 4.72 Å². The summed E-state index contributed by atoms with van der Waals surface area (Å²) in [6.45, 7) is 3.45. The van der Waals surface area contributed by atoms with E-state index < -0.39 is 32.3 Å². The maximum atomic E-state index is 13.9. The first-order valence-electron chi connectivity index (χ1n) is 9.38. The molecule has 1 aromatic rings. The third-order valence-electron chi connectivity index (χ3n) is 6.13. The number of benzene rings is 1. The molecule has 1 heterocycles. The van der Waals surface area contributed by atoms with E-state index in [9.17, 15) is 22.7 Å². The number of hydrogen-bond acceptors (Lipinski definition) is 4. The van der Waals surface area contributed by atoms with Crippen molar-refractivity contribution in [2.24, 2.45) is 5.41 Å². The number of sulfonamides is 1. The van der Waals surface area contributed by atoms with E-state index in [-0.39, 0.29) is 24.5 Å². The molecule has 1 saturated carbocycles. The Morgan fingerprint density at radius 2 is 2.00 bits per heavy atom. The van der Waals surface area contributed by atoms with Gasteiger partial charge in [0.05, 0.1) is 6.10 Å². The van der Waals surface area contributed by atoms with Crippen LogP contribution in [0, 0.1) is 11.2 Å². The van der Waals surface area contributed by atoms with E-state index in [1.807, 2.05) is 6.92 Å². The Morgan fingerprint density at radius 1 is 1.33 bits per heavy atom. The van der Waals surface area contributed by atoms with E-state index in [1.54, 1.807) is 4.90 Å². The Labute approximate surface area is 159 Å². The minimum absolute atomic E-state index is 0.00490. The molecule has 6 nitrogen and oxygen atoms in total. The lowest BCUT2D eigenvalue weighted by Gasteiger charge is -2.37. The Balaban J connectivity index is 1.82. The van der Waals surface area contributed by atoms with Crippen LogP contribution in [0.25, 0.3) is 0 Å². The number of halogens is 1. The lowest BCUT2D eigenvalue weighted by molar-refractivity contribution is -0.133. The van der Waals surface area contributed by atoms with Gasteiger partial charge in [0.25, 0.3) is 0 Å². The predicted octanol–water partition coefficient (Wildman–Crippen LogP) is 2.03. The van der Waals surface area contributed by atoms with Crippen molar-refractivity contribution in [3.63, 3.8) is 0 Å². The highest BCUT2D eigenvalue weighted by molar-refractivity contribution is 7.89. The molecule has 2 aliphatic rings. The van der Waals surface area contributed by atoms with Crippen LogP contribution in [0.4, 0.5) is 4.39 Å². The molecule has 4 atom stereocenters. The Bertz CT molecular complexity index is 816. The molecule has 150 valence electrons. The van der Waals surface area contributed by atoms with Gasteiger partial charge in [-0.1, -0.05) is 31.9 Å². The summed E-state index contributed by atoms with van der Waals surface area (Å²) in [7, 11) is -4.03. The summed E-state index contributed by atoms with van der Waals surface area (Å²) in [4.78, 5) is 13.6. The summed E-state index contributed by atoms with van der Waals surface area (Å²) in [6.07, 6.45) is 3.31. The highest BCUT2D eigenvalue weighted by Crippen LogP contribution is 2.48. The molecule has 0 aromatic heterocycles. The van der Waals surface area contributed by atoms with Crippen molar-refractivity contribution in [2.45, 2.75) is 69.0 Å². The van der Waals surface area contributed by atoms with Crippen LogP contribution >= 0.6 is 0 Å². The molecular weight excluding hydrogens is 371 g/mol. The summed E-state index contributed by atoms with van der Waals surface area (Å²) >= 11 is 0. The highest BCUT2D eigenvalue weighted by atomic mass is 32.2. The molecule has 1 amide bonds. The molecule has 3 rings (SSSR count). The van der Waals surface area contributed by atoms with Crippen molar-refractivity contribution >= 4 is 15.9 Å². The molecule has 8 heteroatoms. The number of likely N-dealkylation sites (tertiary alicyclic amines) is 1. The molecule has 2 N–H and O–H groups in total. The lowest BCUT2D eigenvalue weighted by atomic mass is 9.75. The molecule has 0 spiro atoms. The molecular formula is C19H27FN2O4S. The smallest absolute Gasteiger partial charge is 0.243 e. The van der Waals surface area contributed by atoms with Gasteiger partial charge in [0, 0.05) is 31.0 Å². The SMILES string of the molecule is CC(=O)N1[C@@H](CNS(=O)(=O)c2ccccc2F)C[C@@]2(C)[C@@H](O)CCCC[C@@H]12. The fourth-order valence-electron chi connectivity index (χ4n) is 4.74. The maximum absolute atomic E-state index is 13.9. The number of nitrogens with zero attached hydrogens (tertiary/aromatic N) is 1. The van der Waals surface area contributed by atoms with Gasteiger partial charge in [0.2, 0.25) is 15.9 Å². The summed E-state index contributed by atoms with van der Waals surface area (Å²) in [6, 6.07) is 4.72. The third-order valence-corrected chi connectivity index (χ3v) is 7.59. The normalized spacial score (nSPS) is 31.4. The van der Waals surface area contributed by atoms with Crippen LogP contribution in [0.2, 0.25) is 0 Å². The van der Waals surface area contributed by atoms with Gasteiger partial charge in [-0.15, -0.1) is 0 Å². The van der Waals surface area contributed by atoms with Crippen LogP contribution in [-0.4, -0.2) is 49.1 Å². The van der Waals surface area contributed by atoms with Gasteiger partial charge in [0.15, 0.2) is 0 Å². The van der Waals surface area contributed by atoms with Crippen molar-refractivity contribution in [1.82, 2.24) is 9.62 Å². The van der Waals surface area contributed by atoms with Gasteiger partial charge in [0.1, 0.15) is 10.7 Å². The zero-order chi connectivity index (χ0) is 19.8. The molecule has 2 fully saturated rings. The number of fused-ring (bicyclic) bond motifs is 1. The quantitative estimate of drug-likeness (QED) is 0.813. The number of carbonyl (C=O) groups excluding carboxylic acids is 1. The Hall–Kier alpha value is -1.51. The number of aliphatic hydroxyl groups excluding tert-OH is 1. The van der Waals surface area contributed by atoms with Crippen LogP contribution in [0.3, 0.4) is 0 Å². The summed E-state index contributed by atoms with van der Waals surface area (Å²) in [5.74, 6) is -0.944. The molecule has 1 aromatic carbocycles. The van der Waals surface area contributed by atoms with Crippen LogP contribution < -0.4 is 4.72 Å². The first-order valence-corrected chi connectivity index (χ1v) is 10.9. The van der Waals surface area contributed by atoms with Crippen LogP contribution in [0.5, 0.6) is 0 Å². The molecule has 27 heavy (non-hydrogen) atoms. The second kappa shape index (κ2) is 7.48. The third kappa shape index (κ3) is 3.75. The minimum Gasteiger partial charge on any atom is -0.392 e. The van der Waals surface area contributed by atoms with Gasteiger partial charge in [-0.05, 0) is 31.4 Å². The van der Waals surface area contributed by atoms with Crippen LogP contribution in [0.1, 0.15) is 46.0 Å². The molecule has 0 unspecified atom stereocenters. The maximum Gasteiger partial charge on any atom is 0.243 e. The number of aliphatic hydroxyl groups is 1. The van der Waals surface area contributed by atoms with Crippen molar-refractivity contribution in [3.05, 3.63) is 30.1 Å². The van der Waals surface area contributed by atoms with E-state index >= 15 is 0 Å². The summed E-state index contributed by atoms with van der Waals surface area (Å²) in [5, 5.41) is 10.7. The Morgan fingerprint density at radius 3 is 2.67 bits per heavy atom.